The SMILES string of the molecule is COc1cc([N+](=O)[O-])c(C(=O)N2CCN(C(c3ccccc3)c3ccccc3)CC2)cc1SC. The minimum atomic E-state index is -0.517. The lowest BCUT2D eigenvalue weighted by molar-refractivity contribution is -0.385. The number of amides is 1. The van der Waals surface area contributed by atoms with Crippen molar-refractivity contribution in [1.29, 1.82) is 0 Å². The molecule has 0 bridgehead atoms. The average molecular weight is 478 g/mol. The fourth-order valence-electron chi connectivity index (χ4n) is 4.43. The molecular formula is C26H27N3O4S. The molecule has 176 valence electrons. The molecular weight excluding hydrogens is 450 g/mol. The molecule has 0 atom stereocenters. The molecule has 0 spiro atoms. The summed E-state index contributed by atoms with van der Waals surface area (Å²) in [5.41, 5.74) is 2.27. The van der Waals surface area contributed by atoms with Gasteiger partial charge in [-0.2, -0.15) is 0 Å². The van der Waals surface area contributed by atoms with Crippen LogP contribution in [-0.2, 0) is 0 Å². The lowest BCUT2D eigenvalue weighted by Gasteiger charge is -2.39. The minimum absolute atomic E-state index is 0.0815. The summed E-state index contributed by atoms with van der Waals surface area (Å²) in [6, 6.07) is 23.7. The number of piperazine rings is 1. The van der Waals surface area contributed by atoms with Gasteiger partial charge in [-0.3, -0.25) is 19.8 Å². The van der Waals surface area contributed by atoms with Crippen LogP contribution < -0.4 is 4.74 Å². The van der Waals surface area contributed by atoms with Gasteiger partial charge >= 0.3 is 0 Å². The van der Waals surface area contributed by atoms with Gasteiger partial charge in [-0.25, -0.2) is 0 Å². The largest absolute Gasteiger partial charge is 0.495 e. The van der Waals surface area contributed by atoms with E-state index in [1.54, 1.807) is 11.0 Å². The van der Waals surface area contributed by atoms with Gasteiger partial charge in [-0.15, -0.1) is 11.8 Å². The summed E-state index contributed by atoms with van der Waals surface area (Å²) < 4.78 is 5.27. The number of nitro groups is 1. The van der Waals surface area contributed by atoms with Crippen molar-refractivity contribution in [3.63, 3.8) is 0 Å². The van der Waals surface area contributed by atoms with Crippen LogP contribution in [0, 0.1) is 10.1 Å². The number of hydrogen-bond donors (Lipinski definition) is 0. The number of rotatable bonds is 7. The van der Waals surface area contributed by atoms with Crippen molar-refractivity contribution < 1.29 is 14.5 Å². The van der Waals surface area contributed by atoms with Gasteiger partial charge in [0.15, 0.2) is 0 Å². The molecule has 4 rings (SSSR count). The number of carbonyl (C=O) groups excluding carboxylic acids is 1. The number of carbonyl (C=O) groups is 1. The number of thioether (sulfide) groups is 1. The van der Waals surface area contributed by atoms with Gasteiger partial charge in [-0.05, 0) is 23.4 Å². The standard InChI is InChI=1S/C26H27N3O4S/c1-33-23-18-22(29(31)32)21(17-24(23)34-2)26(30)28-15-13-27(14-16-28)25(19-9-5-3-6-10-19)20-11-7-4-8-12-20/h3-12,17-18,25H,13-16H2,1-2H3. The Bertz CT molecular complexity index is 1110. The van der Waals surface area contributed by atoms with Crippen LogP contribution >= 0.6 is 11.8 Å². The molecule has 1 aliphatic heterocycles. The third kappa shape index (κ3) is 4.93. The molecule has 0 aliphatic carbocycles. The second kappa shape index (κ2) is 10.7. The van der Waals surface area contributed by atoms with Crippen molar-refractivity contribution in [3.05, 3.63) is 99.6 Å². The van der Waals surface area contributed by atoms with Gasteiger partial charge in [0.2, 0.25) is 0 Å². The molecule has 7 nitrogen and oxygen atoms in total. The fourth-order valence-corrected chi connectivity index (χ4v) is 5.01. The van der Waals surface area contributed by atoms with Crippen LogP contribution in [0.2, 0.25) is 0 Å². The summed E-state index contributed by atoms with van der Waals surface area (Å²) in [6.07, 6.45) is 1.85. The number of ether oxygens (including phenoxy) is 1. The molecule has 0 N–H and O–H groups in total. The second-order valence-electron chi connectivity index (χ2n) is 8.03. The zero-order valence-corrected chi connectivity index (χ0v) is 20.0. The van der Waals surface area contributed by atoms with Crippen molar-refractivity contribution in [1.82, 2.24) is 9.80 Å². The highest BCUT2D eigenvalue weighted by molar-refractivity contribution is 7.98. The third-order valence-electron chi connectivity index (χ3n) is 6.13. The number of benzene rings is 3. The predicted molar refractivity (Wildman–Crippen MR) is 134 cm³/mol. The van der Waals surface area contributed by atoms with Crippen LogP contribution in [0.25, 0.3) is 0 Å². The highest BCUT2D eigenvalue weighted by atomic mass is 32.2. The van der Waals surface area contributed by atoms with Crippen molar-refractivity contribution in [2.75, 3.05) is 39.5 Å². The number of nitrogens with zero attached hydrogens (tertiary/aromatic N) is 3. The van der Waals surface area contributed by atoms with Gasteiger partial charge in [0.1, 0.15) is 11.3 Å². The van der Waals surface area contributed by atoms with Crippen LogP contribution in [-0.4, -0.2) is 60.2 Å². The lowest BCUT2D eigenvalue weighted by atomic mass is 9.96. The van der Waals surface area contributed by atoms with E-state index in [1.165, 1.54) is 36.1 Å². The monoisotopic (exact) mass is 477 g/mol. The first-order chi connectivity index (χ1) is 16.5. The van der Waals surface area contributed by atoms with E-state index in [-0.39, 0.29) is 23.2 Å². The van der Waals surface area contributed by atoms with E-state index in [0.29, 0.717) is 36.8 Å². The van der Waals surface area contributed by atoms with E-state index < -0.39 is 4.92 Å². The molecule has 0 radical (unpaired) electrons. The van der Waals surface area contributed by atoms with Crippen LogP contribution in [0.15, 0.2) is 77.7 Å². The molecule has 8 heteroatoms. The first kappa shape index (κ1) is 23.8. The lowest BCUT2D eigenvalue weighted by Crippen LogP contribution is -2.50. The average Bonchev–Trinajstić information content (AvgIpc) is 2.89. The van der Waals surface area contributed by atoms with Crippen LogP contribution in [0.1, 0.15) is 27.5 Å². The Hall–Kier alpha value is -3.36. The van der Waals surface area contributed by atoms with E-state index in [1.807, 2.05) is 42.7 Å². The zero-order valence-electron chi connectivity index (χ0n) is 19.2. The van der Waals surface area contributed by atoms with Gasteiger partial charge in [0.05, 0.1) is 29.0 Å². The van der Waals surface area contributed by atoms with Gasteiger partial charge in [0, 0.05) is 26.2 Å². The van der Waals surface area contributed by atoms with Crippen molar-refractivity contribution in [2.45, 2.75) is 10.9 Å². The highest BCUT2D eigenvalue weighted by Crippen LogP contribution is 2.35. The maximum Gasteiger partial charge on any atom is 0.285 e. The van der Waals surface area contributed by atoms with E-state index >= 15 is 0 Å². The van der Waals surface area contributed by atoms with E-state index in [0.717, 1.165) is 0 Å². The first-order valence-corrected chi connectivity index (χ1v) is 12.3. The van der Waals surface area contributed by atoms with Crippen molar-refractivity contribution >= 4 is 23.4 Å². The summed E-state index contributed by atoms with van der Waals surface area (Å²) in [5.74, 6) is 0.0782. The molecule has 0 saturated carbocycles. The Balaban J connectivity index is 1.56. The van der Waals surface area contributed by atoms with E-state index in [9.17, 15) is 14.9 Å². The fraction of sp³-hybridized carbons (Fsp3) is 0.269. The Morgan fingerprint density at radius 1 is 0.971 bits per heavy atom. The quantitative estimate of drug-likeness (QED) is 0.274. The molecule has 0 aromatic heterocycles. The van der Waals surface area contributed by atoms with Crippen molar-refractivity contribution in [2.24, 2.45) is 0 Å². The van der Waals surface area contributed by atoms with Gasteiger partial charge < -0.3 is 9.64 Å². The Morgan fingerprint density at radius 3 is 2.00 bits per heavy atom. The molecule has 0 unspecified atom stereocenters. The molecule has 34 heavy (non-hydrogen) atoms. The number of nitro benzene ring substituents is 1. The molecule has 1 amide bonds. The summed E-state index contributed by atoms with van der Waals surface area (Å²) in [6.45, 7) is 2.32. The van der Waals surface area contributed by atoms with Crippen molar-refractivity contribution in [3.8, 4) is 5.75 Å². The third-order valence-corrected chi connectivity index (χ3v) is 6.89. The normalized spacial score (nSPS) is 14.3. The zero-order chi connectivity index (χ0) is 24.1. The molecule has 1 saturated heterocycles. The van der Waals surface area contributed by atoms with Crippen LogP contribution in [0.4, 0.5) is 5.69 Å². The van der Waals surface area contributed by atoms with E-state index in [4.69, 9.17) is 4.74 Å². The summed E-state index contributed by atoms with van der Waals surface area (Å²) in [4.78, 5) is 29.3. The summed E-state index contributed by atoms with van der Waals surface area (Å²) >= 11 is 1.39. The number of methoxy groups -OCH3 is 1. The van der Waals surface area contributed by atoms with Crippen LogP contribution in [0.5, 0.6) is 5.75 Å². The molecule has 1 aliphatic rings. The number of hydrogen-bond acceptors (Lipinski definition) is 6. The smallest absolute Gasteiger partial charge is 0.285 e. The van der Waals surface area contributed by atoms with E-state index in [2.05, 4.69) is 29.2 Å². The minimum Gasteiger partial charge on any atom is -0.495 e. The topological polar surface area (TPSA) is 75.9 Å². The maximum atomic E-state index is 13.4. The maximum absolute atomic E-state index is 13.4. The predicted octanol–water partition coefficient (Wildman–Crippen LogP) is 4.87. The second-order valence-corrected chi connectivity index (χ2v) is 8.88. The molecule has 3 aromatic rings. The molecule has 1 fully saturated rings. The van der Waals surface area contributed by atoms with Gasteiger partial charge in [-0.1, -0.05) is 60.7 Å². The van der Waals surface area contributed by atoms with Gasteiger partial charge in [0.25, 0.3) is 11.6 Å². The molecule has 3 aromatic carbocycles. The Kier molecular flexibility index (Phi) is 7.49. The summed E-state index contributed by atoms with van der Waals surface area (Å²) in [7, 11) is 1.47. The Labute approximate surface area is 203 Å². The summed E-state index contributed by atoms with van der Waals surface area (Å²) in [5, 5.41) is 11.7. The first-order valence-electron chi connectivity index (χ1n) is 11.1. The van der Waals surface area contributed by atoms with Crippen LogP contribution in [0.3, 0.4) is 0 Å². The highest BCUT2D eigenvalue weighted by Gasteiger charge is 2.32. The molecule has 1 heterocycles. The Morgan fingerprint density at radius 2 is 1.53 bits per heavy atom.